The molecule has 0 aliphatic carbocycles. The maximum Gasteiger partial charge on any atom is 0.150 e. The Morgan fingerprint density at radius 1 is 1.07 bits per heavy atom. The van der Waals surface area contributed by atoms with Gasteiger partial charge in [0.1, 0.15) is 17.9 Å². The molecule has 2 N–H and O–H groups in total. The van der Waals surface area contributed by atoms with Crippen molar-refractivity contribution in [1.29, 1.82) is 0 Å². The predicted octanol–water partition coefficient (Wildman–Crippen LogP) is 4.28. The predicted molar refractivity (Wildman–Crippen MR) is 116 cm³/mol. The van der Waals surface area contributed by atoms with Crippen LogP contribution in [0.25, 0.3) is 27.8 Å². The van der Waals surface area contributed by atoms with Gasteiger partial charge in [-0.15, -0.1) is 0 Å². The third kappa shape index (κ3) is 3.67. The van der Waals surface area contributed by atoms with Gasteiger partial charge in [0.2, 0.25) is 0 Å². The summed E-state index contributed by atoms with van der Waals surface area (Å²) in [6.45, 7) is 2.08. The van der Waals surface area contributed by atoms with E-state index in [0.29, 0.717) is 0 Å². The van der Waals surface area contributed by atoms with Crippen molar-refractivity contribution in [2.75, 3.05) is 19.0 Å². The maximum absolute atomic E-state index is 9.66. The Morgan fingerprint density at radius 3 is 2.48 bits per heavy atom. The number of nitrogens with zero attached hydrogens (tertiary/aromatic N) is 3. The van der Waals surface area contributed by atoms with Crippen LogP contribution in [-0.4, -0.2) is 39.4 Å². The highest BCUT2D eigenvalue weighted by molar-refractivity contribution is 6.02. The van der Waals surface area contributed by atoms with E-state index in [2.05, 4.69) is 38.2 Å². The minimum absolute atomic E-state index is 0.0435. The Kier molecular flexibility index (Phi) is 5.44. The molecule has 4 rings (SSSR count). The van der Waals surface area contributed by atoms with Gasteiger partial charge in [-0.2, -0.15) is 0 Å². The first kappa shape index (κ1) is 19.0. The maximum atomic E-state index is 9.66. The summed E-state index contributed by atoms with van der Waals surface area (Å²) in [4.78, 5) is 9.08. The number of hydrogen-bond donors (Lipinski definition) is 2. The van der Waals surface area contributed by atoms with Gasteiger partial charge in [-0.3, -0.25) is 0 Å². The zero-order valence-electron chi connectivity index (χ0n) is 16.5. The lowest BCUT2D eigenvalue weighted by Crippen LogP contribution is -2.23. The van der Waals surface area contributed by atoms with Crippen LogP contribution in [0.5, 0.6) is 5.75 Å². The molecule has 0 fully saturated rings. The van der Waals surface area contributed by atoms with Crippen molar-refractivity contribution in [1.82, 2.24) is 14.5 Å². The number of anilines is 1. The lowest BCUT2D eigenvalue weighted by atomic mass is 10.1. The second-order valence-electron chi connectivity index (χ2n) is 6.83. The standard InChI is InChI=1S/C23H24N4O2/c1-3-17(14-28)26-22-21-20(16-7-5-4-6-8-16)13-27(23(21)25-15-24-22)18-9-11-19(29-2)12-10-18/h4-13,15,17,28H,3,14H2,1-2H3,(H,24,25,26). The first-order valence-electron chi connectivity index (χ1n) is 9.68. The molecule has 0 aliphatic rings. The highest BCUT2D eigenvalue weighted by Crippen LogP contribution is 2.35. The van der Waals surface area contributed by atoms with Crippen LogP contribution >= 0.6 is 0 Å². The van der Waals surface area contributed by atoms with E-state index in [4.69, 9.17) is 4.74 Å². The van der Waals surface area contributed by atoms with Gasteiger partial charge in [0, 0.05) is 17.4 Å². The summed E-state index contributed by atoms with van der Waals surface area (Å²) < 4.78 is 7.35. The monoisotopic (exact) mass is 388 g/mol. The van der Waals surface area contributed by atoms with Gasteiger partial charge in [0.05, 0.1) is 25.1 Å². The Morgan fingerprint density at radius 2 is 1.83 bits per heavy atom. The Hall–Kier alpha value is -3.38. The van der Waals surface area contributed by atoms with Gasteiger partial charge < -0.3 is 19.7 Å². The molecule has 0 bridgehead atoms. The van der Waals surface area contributed by atoms with Gasteiger partial charge in [-0.25, -0.2) is 9.97 Å². The molecule has 0 saturated heterocycles. The fraction of sp³-hybridized carbons (Fsp3) is 0.217. The van der Waals surface area contributed by atoms with Crippen molar-refractivity contribution in [3.63, 3.8) is 0 Å². The van der Waals surface area contributed by atoms with Crippen LogP contribution in [0.3, 0.4) is 0 Å². The van der Waals surface area contributed by atoms with Crippen LogP contribution in [0, 0.1) is 0 Å². The Bertz CT molecular complexity index is 1090. The number of rotatable bonds is 7. The third-order valence-electron chi connectivity index (χ3n) is 5.07. The summed E-state index contributed by atoms with van der Waals surface area (Å²) in [6, 6.07) is 18.0. The number of methoxy groups -OCH3 is 1. The lowest BCUT2D eigenvalue weighted by molar-refractivity contribution is 0.271. The molecule has 0 amide bonds. The number of nitrogens with one attached hydrogen (secondary N) is 1. The van der Waals surface area contributed by atoms with E-state index in [1.54, 1.807) is 13.4 Å². The lowest BCUT2D eigenvalue weighted by Gasteiger charge is -2.16. The van der Waals surface area contributed by atoms with E-state index in [1.807, 2.05) is 49.4 Å². The minimum Gasteiger partial charge on any atom is -0.497 e. The molecule has 148 valence electrons. The molecular formula is C23H24N4O2. The highest BCUT2D eigenvalue weighted by Gasteiger charge is 2.18. The third-order valence-corrected chi connectivity index (χ3v) is 5.07. The van der Waals surface area contributed by atoms with E-state index in [0.717, 1.165) is 45.8 Å². The smallest absolute Gasteiger partial charge is 0.150 e. The molecule has 0 saturated carbocycles. The summed E-state index contributed by atoms with van der Waals surface area (Å²) in [5, 5.41) is 14.0. The molecule has 1 unspecified atom stereocenters. The SMILES string of the molecule is CCC(CO)Nc1ncnc2c1c(-c1ccccc1)cn2-c1ccc(OC)cc1. The molecule has 0 spiro atoms. The zero-order valence-corrected chi connectivity index (χ0v) is 16.5. The number of hydrogen-bond acceptors (Lipinski definition) is 5. The largest absolute Gasteiger partial charge is 0.497 e. The first-order valence-corrected chi connectivity index (χ1v) is 9.68. The topological polar surface area (TPSA) is 72.2 Å². The summed E-state index contributed by atoms with van der Waals surface area (Å²) in [6.07, 6.45) is 4.44. The van der Waals surface area contributed by atoms with Gasteiger partial charge in [0.15, 0.2) is 5.65 Å². The van der Waals surface area contributed by atoms with Crippen molar-refractivity contribution >= 4 is 16.9 Å². The Balaban J connectivity index is 1.93. The number of benzene rings is 2. The molecule has 29 heavy (non-hydrogen) atoms. The number of fused-ring (bicyclic) bond motifs is 1. The molecule has 2 heterocycles. The molecule has 0 radical (unpaired) electrons. The van der Waals surface area contributed by atoms with Crippen molar-refractivity contribution < 1.29 is 9.84 Å². The summed E-state index contributed by atoms with van der Waals surface area (Å²) >= 11 is 0. The average molecular weight is 388 g/mol. The normalized spacial score (nSPS) is 12.1. The molecule has 6 nitrogen and oxygen atoms in total. The highest BCUT2D eigenvalue weighted by atomic mass is 16.5. The first-order chi connectivity index (χ1) is 14.2. The van der Waals surface area contributed by atoms with Crippen LogP contribution in [-0.2, 0) is 0 Å². The molecule has 2 aromatic heterocycles. The van der Waals surface area contributed by atoms with Gasteiger partial charge in [-0.05, 0) is 36.2 Å². The summed E-state index contributed by atoms with van der Waals surface area (Å²) in [7, 11) is 1.66. The fourth-order valence-electron chi connectivity index (χ4n) is 3.42. The van der Waals surface area contributed by atoms with Crippen LogP contribution in [0.1, 0.15) is 13.3 Å². The molecule has 4 aromatic rings. The number of aliphatic hydroxyl groups is 1. The van der Waals surface area contributed by atoms with Gasteiger partial charge in [0.25, 0.3) is 0 Å². The summed E-state index contributed by atoms with van der Waals surface area (Å²) in [5.74, 6) is 1.53. The van der Waals surface area contributed by atoms with Crippen molar-refractivity contribution in [2.24, 2.45) is 0 Å². The van der Waals surface area contributed by atoms with E-state index >= 15 is 0 Å². The average Bonchev–Trinajstić information content (AvgIpc) is 3.18. The number of aliphatic hydroxyl groups excluding tert-OH is 1. The van der Waals surface area contributed by atoms with Gasteiger partial charge in [-0.1, -0.05) is 37.3 Å². The van der Waals surface area contributed by atoms with Crippen LogP contribution in [0.4, 0.5) is 5.82 Å². The van der Waals surface area contributed by atoms with Crippen molar-refractivity contribution in [3.05, 3.63) is 67.1 Å². The quantitative estimate of drug-likeness (QED) is 0.494. The van der Waals surface area contributed by atoms with Crippen molar-refractivity contribution in [3.8, 4) is 22.6 Å². The number of ether oxygens (including phenoxy) is 1. The van der Waals surface area contributed by atoms with Crippen LogP contribution in [0.15, 0.2) is 67.1 Å². The molecule has 6 heteroatoms. The van der Waals surface area contributed by atoms with Crippen LogP contribution < -0.4 is 10.1 Å². The van der Waals surface area contributed by atoms with E-state index < -0.39 is 0 Å². The van der Waals surface area contributed by atoms with Crippen LogP contribution in [0.2, 0.25) is 0 Å². The van der Waals surface area contributed by atoms with E-state index in [-0.39, 0.29) is 12.6 Å². The second kappa shape index (κ2) is 8.32. The Labute approximate surface area is 169 Å². The molecule has 1 atom stereocenters. The summed E-state index contributed by atoms with van der Waals surface area (Å²) in [5.41, 5.74) is 3.91. The second-order valence-corrected chi connectivity index (χ2v) is 6.83. The van der Waals surface area contributed by atoms with Crippen molar-refractivity contribution in [2.45, 2.75) is 19.4 Å². The minimum atomic E-state index is -0.0685. The van der Waals surface area contributed by atoms with E-state index in [9.17, 15) is 5.11 Å². The molecular weight excluding hydrogens is 364 g/mol. The van der Waals surface area contributed by atoms with E-state index in [1.165, 1.54) is 0 Å². The zero-order chi connectivity index (χ0) is 20.2. The molecule has 0 aliphatic heterocycles. The number of aromatic nitrogens is 3. The molecule has 2 aromatic carbocycles. The fourth-order valence-corrected chi connectivity index (χ4v) is 3.42. The van der Waals surface area contributed by atoms with Gasteiger partial charge >= 0.3 is 0 Å².